The molecule has 4 rings (SSSR count). The Hall–Kier alpha value is -1.93. The van der Waals surface area contributed by atoms with Gasteiger partial charge in [-0.2, -0.15) is 25.3 Å². The second-order valence-electron chi connectivity index (χ2n) is 10.4. The van der Waals surface area contributed by atoms with Crippen molar-refractivity contribution < 1.29 is 17.1 Å². The van der Waals surface area contributed by atoms with E-state index in [-0.39, 0.29) is 0 Å². The highest BCUT2D eigenvalue weighted by molar-refractivity contribution is 7.80. The zero-order chi connectivity index (χ0) is 30.4. The zero-order valence-electron chi connectivity index (χ0n) is 25.2. The van der Waals surface area contributed by atoms with Crippen molar-refractivity contribution in [2.24, 2.45) is 0 Å². The molecule has 4 nitrogen and oxygen atoms in total. The number of benzene rings is 4. The molecule has 0 saturated heterocycles. The van der Waals surface area contributed by atoms with Gasteiger partial charge in [-0.1, -0.05) is 121 Å². The van der Waals surface area contributed by atoms with Crippen molar-refractivity contribution >= 4 is 71.7 Å². The quantitative estimate of drug-likeness (QED) is 0.106. The van der Waals surface area contributed by atoms with Crippen LogP contribution in [0.1, 0.15) is 26.7 Å². The highest BCUT2D eigenvalue weighted by Crippen LogP contribution is 2.30. The topological polar surface area (TPSA) is 36.9 Å². The van der Waals surface area contributed by atoms with Crippen LogP contribution in [0.3, 0.4) is 0 Å². The van der Waals surface area contributed by atoms with E-state index in [4.69, 9.17) is 17.1 Å². The fraction of sp³-hybridized carbons (Fsp3) is 0.294. The van der Waals surface area contributed by atoms with Gasteiger partial charge in [-0.15, -0.1) is 0 Å². The molecule has 0 radical (unpaired) electrons. The van der Waals surface area contributed by atoms with Gasteiger partial charge in [0, 0.05) is 18.4 Å². The van der Waals surface area contributed by atoms with Crippen LogP contribution in [0.15, 0.2) is 121 Å². The minimum atomic E-state index is -3.54. The maximum absolute atomic E-state index is 8.02. The van der Waals surface area contributed by atoms with E-state index in [1.165, 1.54) is 5.19 Å². The Balaban J connectivity index is 2.06. The Morgan fingerprint density at radius 1 is 0.488 bits per heavy atom. The molecule has 228 valence electrons. The van der Waals surface area contributed by atoms with Crippen LogP contribution in [-0.4, -0.2) is 50.4 Å². The lowest BCUT2D eigenvalue weighted by atomic mass is 10.4. The normalized spacial score (nSPS) is 12.4. The molecule has 0 unspecified atom stereocenters. The van der Waals surface area contributed by atoms with Crippen LogP contribution in [0.4, 0.5) is 0 Å². The first-order chi connectivity index (χ1) is 21.1. The van der Waals surface area contributed by atoms with Crippen molar-refractivity contribution in [1.82, 2.24) is 0 Å². The van der Waals surface area contributed by atoms with Gasteiger partial charge >= 0.3 is 17.4 Å². The standard InChI is InChI=1S/C34H44O4S2Si3/c1-3-35-43(36-4-2,34-25-15-8-16-26-34)38-42(32-21-11-6-12-22-32,33-23-13-7-14-24-33)37-41(29-17-27-39,30-18-28-40)31-19-9-5-10-20-31/h5-16,19-26,39-40H,3-4,17-18,27-30H2,1-2H3. The molecular formula is C34H44O4S2Si3. The van der Waals surface area contributed by atoms with Gasteiger partial charge in [0.1, 0.15) is 0 Å². The van der Waals surface area contributed by atoms with E-state index < -0.39 is 25.7 Å². The molecule has 0 atom stereocenters. The van der Waals surface area contributed by atoms with Crippen molar-refractivity contribution in [3.05, 3.63) is 121 Å². The van der Waals surface area contributed by atoms with E-state index in [0.29, 0.717) is 13.2 Å². The number of rotatable bonds is 18. The summed E-state index contributed by atoms with van der Waals surface area (Å²) in [4.78, 5) is 0. The van der Waals surface area contributed by atoms with Crippen molar-refractivity contribution in [3.63, 3.8) is 0 Å². The fourth-order valence-corrected chi connectivity index (χ4v) is 21.4. The molecule has 0 fully saturated rings. The minimum absolute atomic E-state index is 0.454. The van der Waals surface area contributed by atoms with Crippen molar-refractivity contribution in [2.45, 2.75) is 38.8 Å². The Morgan fingerprint density at radius 3 is 1.23 bits per heavy atom. The van der Waals surface area contributed by atoms with Gasteiger partial charge in [0.15, 0.2) is 0 Å². The highest BCUT2D eigenvalue weighted by Gasteiger charge is 2.58. The lowest BCUT2D eigenvalue weighted by Gasteiger charge is -2.45. The van der Waals surface area contributed by atoms with Crippen molar-refractivity contribution in [2.75, 3.05) is 24.7 Å². The molecular weight excluding hydrogens is 621 g/mol. The van der Waals surface area contributed by atoms with Gasteiger partial charge in [0.05, 0.1) is 0 Å². The molecule has 0 amide bonds. The Kier molecular flexibility index (Phi) is 13.4. The molecule has 0 aliphatic carbocycles. The van der Waals surface area contributed by atoms with Gasteiger partial charge in [0.2, 0.25) is 8.32 Å². The maximum atomic E-state index is 8.02. The molecule has 0 heterocycles. The third-order valence-electron chi connectivity index (χ3n) is 7.50. The van der Waals surface area contributed by atoms with Crippen LogP contribution in [0.2, 0.25) is 12.1 Å². The first-order valence-corrected chi connectivity index (χ1v) is 22.3. The summed E-state index contributed by atoms with van der Waals surface area (Å²) in [5, 5.41) is 4.28. The molecule has 4 aromatic carbocycles. The summed E-state index contributed by atoms with van der Waals surface area (Å²) in [5.74, 6) is 1.58. The van der Waals surface area contributed by atoms with Crippen LogP contribution >= 0.6 is 25.3 Å². The average molecular weight is 665 g/mol. The Morgan fingerprint density at radius 2 is 0.860 bits per heavy atom. The molecule has 0 saturated carbocycles. The monoisotopic (exact) mass is 664 g/mol. The predicted molar refractivity (Wildman–Crippen MR) is 194 cm³/mol. The molecule has 0 bridgehead atoms. The summed E-state index contributed by atoms with van der Waals surface area (Å²) in [6.45, 7) is 4.92. The Labute approximate surface area is 272 Å². The maximum Gasteiger partial charge on any atom is 0.528 e. The van der Waals surface area contributed by atoms with Gasteiger partial charge < -0.3 is 17.1 Å². The molecule has 43 heavy (non-hydrogen) atoms. The minimum Gasteiger partial charge on any atom is -0.425 e. The van der Waals surface area contributed by atoms with Crippen molar-refractivity contribution in [3.8, 4) is 0 Å². The Bertz CT molecular complexity index is 1280. The summed E-state index contributed by atoms with van der Waals surface area (Å²) in [5.41, 5.74) is 0. The summed E-state index contributed by atoms with van der Waals surface area (Å²) >= 11 is 9.32. The third-order valence-corrected chi connectivity index (χ3v) is 21.3. The van der Waals surface area contributed by atoms with Gasteiger partial charge in [0.25, 0.3) is 0 Å². The molecule has 0 aliphatic rings. The van der Waals surface area contributed by atoms with Gasteiger partial charge in [-0.05, 0) is 65.8 Å². The predicted octanol–water partition coefficient (Wildman–Crippen LogP) is 5.69. The SMILES string of the molecule is CCO[Si](OCC)(O[Si](O[Si](CCCS)(CCCS)c1ccccc1)(c1ccccc1)c1ccccc1)c1ccccc1. The van der Waals surface area contributed by atoms with Crippen LogP contribution in [0.25, 0.3) is 0 Å². The molecule has 0 aromatic heterocycles. The van der Waals surface area contributed by atoms with Crippen LogP contribution in [0.5, 0.6) is 0 Å². The summed E-state index contributed by atoms with van der Waals surface area (Å²) < 4.78 is 29.1. The summed E-state index contributed by atoms with van der Waals surface area (Å²) in [7, 11) is -9.75. The number of hydrogen-bond donors (Lipinski definition) is 2. The van der Waals surface area contributed by atoms with Crippen molar-refractivity contribution in [1.29, 1.82) is 0 Å². The van der Waals surface area contributed by atoms with E-state index in [9.17, 15) is 0 Å². The zero-order valence-corrected chi connectivity index (χ0v) is 30.0. The molecule has 0 aliphatic heterocycles. The largest absolute Gasteiger partial charge is 0.528 e. The van der Waals surface area contributed by atoms with Crippen LogP contribution in [-0.2, 0) is 17.1 Å². The highest BCUT2D eigenvalue weighted by atomic mass is 32.1. The number of thiol groups is 2. The molecule has 4 aromatic rings. The van der Waals surface area contributed by atoms with E-state index >= 15 is 0 Å². The van der Waals surface area contributed by atoms with E-state index in [0.717, 1.165) is 52.0 Å². The van der Waals surface area contributed by atoms with E-state index in [1.54, 1.807) is 0 Å². The molecule has 0 spiro atoms. The van der Waals surface area contributed by atoms with E-state index in [2.05, 4.69) is 116 Å². The van der Waals surface area contributed by atoms with Crippen LogP contribution in [0, 0.1) is 0 Å². The fourth-order valence-electron chi connectivity index (χ4n) is 5.60. The second kappa shape index (κ2) is 17.0. The molecule has 0 N–H and O–H groups in total. The van der Waals surface area contributed by atoms with Gasteiger partial charge in [-0.3, -0.25) is 0 Å². The average Bonchev–Trinajstić information content (AvgIpc) is 3.07. The van der Waals surface area contributed by atoms with Crippen LogP contribution < -0.4 is 20.7 Å². The lowest BCUT2D eigenvalue weighted by Crippen LogP contribution is -2.76. The first-order valence-electron chi connectivity index (χ1n) is 15.2. The second-order valence-corrected chi connectivity index (χ2v) is 21.1. The summed E-state index contributed by atoms with van der Waals surface area (Å²) in [6, 6.07) is 43.9. The molecule has 9 heteroatoms. The lowest BCUT2D eigenvalue weighted by molar-refractivity contribution is 0.122. The first kappa shape index (κ1) is 34.0. The summed E-state index contributed by atoms with van der Waals surface area (Å²) in [6.07, 6.45) is 1.89. The third kappa shape index (κ3) is 8.22. The van der Waals surface area contributed by atoms with E-state index in [1.807, 2.05) is 44.2 Å². The smallest absolute Gasteiger partial charge is 0.425 e. The van der Waals surface area contributed by atoms with Gasteiger partial charge in [-0.25, -0.2) is 0 Å². The number of hydrogen-bond acceptors (Lipinski definition) is 6.